The Morgan fingerprint density at radius 1 is 1.10 bits per heavy atom. The molecule has 0 bridgehead atoms. The second-order valence-corrected chi connectivity index (χ2v) is 6.15. The highest BCUT2D eigenvalue weighted by atomic mass is 79.9. The summed E-state index contributed by atoms with van der Waals surface area (Å²) in [5, 5.41) is 13.3. The molecular weight excluding hydrogens is 314 g/mol. The third-order valence-corrected chi connectivity index (χ3v) is 4.06. The van der Waals surface area contributed by atoms with Gasteiger partial charge < -0.3 is 10.4 Å². The normalized spacial score (nSPS) is 12.4. The fraction of sp³-hybridized carbons (Fsp3) is 0.294. The number of aromatic hydroxyl groups is 1. The van der Waals surface area contributed by atoms with Gasteiger partial charge in [-0.1, -0.05) is 40.2 Å². The largest absolute Gasteiger partial charge is 0.507 e. The van der Waals surface area contributed by atoms with Gasteiger partial charge in [0.25, 0.3) is 0 Å². The molecule has 2 N–H and O–H groups in total. The summed E-state index contributed by atoms with van der Waals surface area (Å²) in [7, 11) is 0. The maximum absolute atomic E-state index is 9.79. The summed E-state index contributed by atoms with van der Waals surface area (Å²) in [4.78, 5) is 0. The van der Waals surface area contributed by atoms with Crippen LogP contribution in [0.4, 0.5) is 0 Å². The lowest BCUT2D eigenvalue weighted by molar-refractivity contribution is 0.466. The zero-order valence-electron chi connectivity index (χ0n) is 12.1. The number of nitrogens with one attached hydrogen (secondary N) is 1. The monoisotopic (exact) mass is 333 g/mol. The van der Waals surface area contributed by atoms with Crippen LogP contribution in [0.25, 0.3) is 0 Å². The van der Waals surface area contributed by atoms with Gasteiger partial charge in [0.15, 0.2) is 0 Å². The van der Waals surface area contributed by atoms with Gasteiger partial charge in [-0.25, -0.2) is 0 Å². The van der Waals surface area contributed by atoms with Crippen molar-refractivity contribution in [2.45, 2.75) is 33.4 Å². The van der Waals surface area contributed by atoms with Crippen molar-refractivity contribution in [3.63, 3.8) is 0 Å². The summed E-state index contributed by atoms with van der Waals surface area (Å²) in [5.41, 5.74) is 4.32. The van der Waals surface area contributed by atoms with E-state index in [9.17, 15) is 5.11 Å². The zero-order valence-corrected chi connectivity index (χ0v) is 13.7. The molecule has 0 aliphatic heterocycles. The van der Waals surface area contributed by atoms with Gasteiger partial charge in [0.1, 0.15) is 5.75 Å². The SMILES string of the molecule is Cc1cc(CN[C@@H](C)c2ccc(Br)cc2)cc(C)c1O. The summed E-state index contributed by atoms with van der Waals surface area (Å²) < 4.78 is 1.10. The number of phenols is 1. The van der Waals surface area contributed by atoms with Crippen molar-refractivity contribution in [3.05, 3.63) is 63.1 Å². The molecule has 2 rings (SSSR count). The summed E-state index contributed by atoms with van der Waals surface area (Å²) in [6.07, 6.45) is 0. The molecule has 0 spiro atoms. The lowest BCUT2D eigenvalue weighted by atomic mass is 10.0. The van der Waals surface area contributed by atoms with Crippen LogP contribution in [0.2, 0.25) is 0 Å². The Balaban J connectivity index is 2.03. The average Bonchev–Trinajstić information content (AvgIpc) is 2.42. The zero-order chi connectivity index (χ0) is 14.7. The first-order valence-corrected chi connectivity index (χ1v) is 7.54. The predicted octanol–water partition coefficient (Wildman–Crippen LogP) is 4.62. The molecule has 3 heteroatoms. The first kappa shape index (κ1) is 15.1. The van der Waals surface area contributed by atoms with E-state index in [1.54, 1.807) is 0 Å². The molecule has 0 fully saturated rings. The van der Waals surface area contributed by atoms with Crippen molar-refractivity contribution < 1.29 is 5.11 Å². The standard InChI is InChI=1S/C17H20BrNO/c1-11-8-14(9-12(2)17(11)20)10-19-13(3)15-4-6-16(18)7-5-15/h4-9,13,19-20H,10H2,1-3H3/t13-/m0/s1. The molecule has 0 aromatic heterocycles. The highest BCUT2D eigenvalue weighted by molar-refractivity contribution is 9.10. The Labute approximate surface area is 129 Å². The van der Waals surface area contributed by atoms with Gasteiger partial charge >= 0.3 is 0 Å². The van der Waals surface area contributed by atoms with Crippen LogP contribution in [-0.4, -0.2) is 5.11 Å². The average molecular weight is 334 g/mol. The number of rotatable bonds is 4. The molecule has 2 aromatic carbocycles. The van der Waals surface area contributed by atoms with Crippen LogP contribution in [0.5, 0.6) is 5.75 Å². The van der Waals surface area contributed by atoms with Crippen LogP contribution >= 0.6 is 15.9 Å². The highest BCUT2D eigenvalue weighted by Gasteiger charge is 2.07. The fourth-order valence-electron chi connectivity index (χ4n) is 2.29. The predicted molar refractivity (Wildman–Crippen MR) is 87.0 cm³/mol. The van der Waals surface area contributed by atoms with Crippen molar-refractivity contribution in [1.29, 1.82) is 0 Å². The van der Waals surface area contributed by atoms with Crippen LogP contribution in [0.15, 0.2) is 40.9 Å². The summed E-state index contributed by atoms with van der Waals surface area (Å²) in [5.74, 6) is 0.398. The Bertz CT molecular complexity index is 569. The first-order valence-electron chi connectivity index (χ1n) is 6.75. The lowest BCUT2D eigenvalue weighted by Gasteiger charge is -2.15. The number of halogens is 1. The van der Waals surface area contributed by atoms with E-state index >= 15 is 0 Å². The minimum Gasteiger partial charge on any atom is -0.507 e. The van der Waals surface area contributed by atoms with Crippen LogP contribution in [-0.2, 0) is 6.54 Å². The van der Waals surface area contributed by atoms with Gasteiger partial charge in [0.2, 0.25) is 0 Å². The summed E-state index contributed by atoms with van der Waals surface area (Å²) in [6, 6.07) is 12.7. The number of hydrogen-bond acceptors (Lipinski definition) is 2. The molecule has 0 unspecified atom stereocenters. The van der Waals surface area contributed by atoms with E-state index in [1.165, 1.54) is 11.1 Å². The van der Waals surface area contributed by atoms with Gasteiger partial charge in [-0.2, -0.15) is 0 Å². The van der Waals surface area contributed by atoms with E-state index in [0.29, 0.717) is 5.75 Å². The molecule has 0 saturated carbocycles. The minimum atomic E-state index is 0.289. The number of phenolic OH excluding ortho intramolecular Hbond substituents is 1. The summed E-state index contributed by atoms with van der Waals surface area (Å²) in [6.45, 7) is 6.82. The maximum atomic E-state index is 9.79. The second-order valence-electron chi connectivity index (χ2n) is 5.23. The van der Waals surface area contributed by atoms with E-state index in [1.807, 2.05) is 26.0 Å². The minimum absolute atomic E-state index is 0.289. The van der Waals surface area contributed by atoms with Crippen LogP contribution in [0.3, 0.4) is 0 Å². The van der Waals surface area contributed by atoms with Crippen LogP contribution < -0.4 is 5.32 Å². The highest BCUT2D eigenvalue weighted by Crippen LogP contribution is 2.23. The molecule has 20 heavy (non-hydrogen) atoms. The molecule has 0 aliphatic rings. The third kappa shape index (κ3) is 3.62. The van der Waals surface area contributed by atoms with Gasteiger partial charge in [0, 0.05) is 17.1 Å². The molecule has 0 heterocycles. The molecule has 106 valence electrons. The molecule has 2 nitrogen and oxygen atoms in total. The van der Waals surface area contributed by atoms with E-state index in [2.05, 4.69) is 52.4 Å². The lowest BCUT2D eigenvalue weighted by Crippen LogP contribution is -2.18. The first-order chi connectivity index (χ1) is 9.47. The van der Waals surface area contributed by atoms with Crippen molar-refractivity contribution in [2.75, 3.05) is 0 Å². The van der Waals surface area contributed by atoms with Crippen molar-refractivity contribution >= 4 is 15.9 Å². The number of benzene rings is 2. The summed E-state index contributed by atoms with van der Waals surface area (Å²) >= 11 is 3.45. The van der Waals surface area contributed by atoms with Crippen molar-refractivity contribution in [1.82, 2.24) is 5.32 Å². The van der Waals surface area contributed by atoms with Crippen LogP contribution in [0, 0.1) is 13.8 Å². The molecule has 2 aromatic rings. The van der Waals surface area contributed by atoms with Crippen molar-refractivity contribution in [2.24, 2.45) is 0 Å². The molecule has 0 saturated heterocycles. The van der Waals surface area contributed by atoms with E-state index in [4.69, 9.17) is 0 Å². The topological polar surface area (TPSA) is 32.3 Å². The number of hydrogen-bond donors (Lipinski definition) is 2. The van der Waals surface area contributed by atoms with E-state index in [-0.39, 0.29) is 6.04 Å². The number of aryl methyl sites for hydroxylation is 2. The van der Waals surface area contributed by atoms with Gasteiger partial charge in [-0.05, 0) is 55.2 Å². The van der Waals surface area contributed by atoms with E-state index < -0.39 is 0 Å². The van der Waals surface area contributed by atoms with Gasteiger partial charge in [-0.15, -0.1) is 0 Å². The Morgan fingerprint density at radius 2 is 1.65 bits per heavy atom. The molecule has 0 amide bonds. The fourth-order valence-corrected chi connectivity index (χ4v) is 2.55. The molecule has 0 radical (unpaired) electrons. The quantitative estimate of drug-likeness (QED) is 0.855. The molecule has 0 aliphatic carbocycles. The third-order valence-electron chi connectivity index (χ3n) is 3.53. The van der Waals surface area contributed by atoms with Gasteiger partial charge in [0.05, 0.1) is 0 Å². The smallest absolute Gasteiger partial charge is 0.121 e. The second kappa shape index (κ2) is 6.42. The Kier molecular flexibility index (Phi) is 4.84. The maximum Gasteiger partial charge on any atom is 0.121 e. The van der Waals surface area contributed by atoms with Crippen LogP contribution in [0.1, 0.15) is 35.2 Å². The Morgan fingerprint density at radius 3 is 2.20 bits per heavy atom. The molecule has 1 atom stereocenters. The molecular formula is C17H20BrNO. The Hall–Kier alpha value is -1.32. The van der Waals surface area contributed by atoms with Gasteiger partial charge in [-0.3, -0.25) is 0 Å². The van der Waals surface area contributed by atoms with E-state index in [0.717, 1.165) is 22.1 Å². The van der Waals surface area contributed by atoms with Crippen molar-refractivity contribution in [3.8, 4) is 5.75 Å².